The van der Waals surface area contributed by atoms with Crippen molar-refractivity contribution in [3.63, 3.8) is 0 Å². The Bertz CT molecular complexity index is 792. The molecule has 0 aromatic heterocycles. The fraction of sp³-hybridized carbons (Fsp3) is 0.650. The molecule has 0 spiro atoms. The number of nitrogens with zero attached hydrogens (tertiary/aromatic N) is 3. The van der Waals surface area contributed by atoms with Crippen molar-refractivity contribution in [2.45, 2.75) is 32.2 Å². The van der Waals surface area contributed by atoms with Crippen molar-refractivity contribution < 1.29 is 12.8 Å². The van der Waals surface area contributed by atoms with E-state index in [0.717, 1.165) is 32.7 Å². The number of hydrogen-bond acceptors (Lipinski definition) is 5. The molecule has 9 heteroatoms. The van der Waals surface area contributed by atoms with Crippen LogP contribution in [-0.2, 0) is 22.1 Å². The maximum atomic E-state index is 13.7. The lowest BCUT2D eigenvalue weighted by atomic mass is 10.1. The maximum absolute atomic E-state index is 13.7. The minimum Gasteiger partial charge on any atom is -0.357 e. The van der Waals surface area contributed by atoms with E-state index in [2.05, 4.69) is 39.4 Å². The number of nitrogens with one attached hydrogen (secondary N) is 2. The van der Waals surface area contributed by atoms with Gasteiger partial charge in [0.1, 0.15) is 5.82 Å². The van der Waals surface area contributed by atoms with Crippen molar-refractivity contribution in [1.82, 2.24) is 20.4 Å². The number of piperazine rings is 1. The molecule has 0 amide bonds. The first-order chi connectivity index (χ1) is 13.7. The third-order valence-corrected chi connectivity index (χ3v) is 5.90. The predicted molar refractivity (Wildman–Crippen MR) is 116 cm³/mol. The van der Waals surface area contributed by atoms with Crippen molar-refractivity contribution in [1.29, 1.82) is 0 Å². The Morgan fingerprint density at radius 2 is 1.90 bits per heavy atom. The lowest BCUT2D eigenvalue weighted by Gasteiger charge is -2.36. The molecule has 1 fully saturated rings. The van der Waals surface area contributed by atoms with Crippen LogP contribution in [0.2, 0.25) is 0 Å². The lowest BCUT2D eigenvalue weighted by molar-refractivity contribution is 0.120. The Labute approximate surface area is 174 Å². The molecule has 1 aliphatic heterocycles. The van der Waals surface area contributed by atoms with Crippen LogP contribution in [0.5, 0.6) is 0 Å². The molecule has 164 valence electrons. The molecule has 2 N–H and O–H groups in total. The monoisotopic (exact) mass is 427 g/mol. The minimum atomic E-state index is -3.21. The maximum Gasteiger partial charge on any atom is 0.191 e. The zero-order valence-electron chi connectivity index (χ0n) is 17.9. The summed E-state index contributed by atoms with van der Waals surface area (Å²) in [4.78, 5) is 9.33. The van der Waals surface area contributed by atoms with E-state index >= 15 is 0 Å². The molecule has 1 saturated heterocycles. The van der Waals surface area contributed by atoms with Crippen molar-refractivity contribution in [3.8, 4) is 0 Å². The fourth-order valence-corrected chi connectivity index (χ4v) is 4.15. The molecule has 1 aliphatic rings. The molecular weight excluding hydrogens is 393 g/mol. The molecule has 0 bridgehead atoms. The highest BCUT2D eigenvalue weighted by atomic mass is 32.2. The molecule has 0 aliphatic carbocycles. The van der Waals surface area contributed by atoms with Gasteiger partial charge in [0.15, 0.2) is 15.8 Å². The number of halogens is 1. The van der Waals surface area contributed by atoms with E-state index in [0.29, 0.717) is 29.7 Å². The molecule has 1 atom stereocenters. The summed E-state index contributed by atoms with van der Waals surface area (Å²) in [6, 6.07) is 4.54. The van der Waals surface area contributed by atoms with Crippen LogP contribution >= 0.6 is 0 Å². The van der Waals surface area contributed by atoms with Crippen LogP contribution in [0.25, 0.3) is 0 Å². The van der Waals surface area contributed by atoms with Gasteiger partial charge in [0.2, 0.25) is 0 Å². The van der Waals surface area contributed by atoms with Gasteiger partial charge in [-0.2, -0.15) is 0 Å². The van der Waals surface area contributed by atoms with Crippen LogP contribution in [-0.4, -0.2) is 82.8 Å². The first kappa shape index (κ1) is 23.6. The number of guanidine groups is 1. The highest BCUT2D eigenvalue weighted by molar-refractivity contribution is 7.89. The average Bonchev–Trinajstić information content (AvgIpc) is 2.65. The molecule has 2 rings (SSSR count). The molecule has 0 saturated carbocycles. The molecule has 1 aromatic carbocycles. The third-order valence-electron chi connectivity index (χ3n) is 5.06. The Hall–Kier alpha value is -1.71. The highest BCUT2D eigenvalue weighted by Crippen LogP contribution is 2.15. The summed E-state index contributed by atoms with van der Waals surface area (Å²) in [6.07, 6.45) is 1.18. The zero-order chi connectivity index (χ0) is 21.4. The van der Waals surface area contributed by atoms with Crippen LogP contribution in [0.15, 0.2) is 23.2 Å². The second-order valence-corrected chi connectivity index (χ2v) is 9.89. The second-order valence-electron chi connectivity index (χ2n) is 7.75. The van der Waals surface area contributed by atoms with E-state index in [9.17, 15) is 12.8 Å². The Morgan fingerprint density at radius 1 is 1.21 bits per heavy atom. The molecule has 1 heterocycles. The SMILES string of the molecule is CCNC(=NCc1cc(F)ccc1CS(C)(=O)=O)NCC(C)N1CCN(C)CC1. The van der Waals surface area contributed by atoms with Crippen LogP contribution in [0, 0.1) is 5.82 Å². The van der Waals surface area contributed by atoms with Crippen molar-refractivity contribution in [2.75, 3.05) is 52.6 Å². The van der Waals surface area contributed by atoms with Gasteiger partial charge in [-0.05, 0) is 44.2 Å². The number of benzene rings is 1. The van der Waals surface area contributed by atoms with E-state index in [1.54, 1.807) is 0 Å². The van der Waals surface area contributed by atoms with E-state index in [1.807, 2.05) is 6.92 Å². The fourth-order valence-electron chi connectivity index (χ4n) is 3.31. The minimum absolute atomic E-state index is 0.122. The first-order valence-corrected chi connectivity index (χ1v) is 12.1. The second kappa shape index (κ2) is 10.9. The number of sulfone groups is 1. The van der Waals surface area contributed by atoms with Crippen molar-refractivity contribution in [2.24, 2.45) is 4.99 Å². The Balaban J connectivity index is 2.02. The van der Waals surface area contributed by atoms with Gasteiger partial charge < -0.3 is 15.5 Å². The largest absolute Gasteiger partial charge is 0.357 e. The quantitative estimate of drug-likeness (QED) is 0.477. The average molecular weight is 428 g/mol. The summed E-state index contributed by atoms with van der Waals surface area (Å²) in [5.41, 5.74) is 1.17. The highest BCUT2D eigenvalue weighted by Gasteiger charge is 2.19. The van der Waals surface area contributed by atoms with Gasteiger partial charge in [0.25, 0.3) is 0 Å². The summed E-state index contributed by atoms with van der Waals surface area (Å²) >= 11 is 0. The number of hydrogen-bond donors (Lipinski definition) is 2. The van der Waals surface area contributed by atoms with Crippen molar-refractivity contribution >= 4 is 15.8 Å². The smallest absolute Gasteiger partial charge is 0.191 e. The molecule has 7 nitrogen and oxygen atoms in total. The zero-order valence-corrected chi connectivity index (χ0v) is 18.7. The standard InChI is InChI=1S/C20H34FN5O2S/c1-5-22-20(23-13-16(2)26-10-8-25(3)9-11-26)24-14-18-12-19(21)7-6-17(18)15-29(4,27)28/h6-7,12,16H,5,8-11,13-15H2,1-4H3,(H2,22,23,24). The van der Waals surface area contributed by atoms with Crippen LogP contribution in [0.4, 0.5) is 4.39 Å². The van der Waals surface area contributed by atoms with Crippen LogP contribution < -0.4 is 10.6 Å². The molecule has 29 heavy (non-hydrogen) atoms. The normalized spacial score (nSPS) is 17.9. The predicted octanol–water partition coefficient (Wildman–Crippen LogP) is 1.06. The first-order valence-electron chi connectivity index (χ1n) is 10.1. The third kappa shape index (κ3) is 8.28. The van der Waals surface area contributed by atoms with Gasteiger partial charge in [-0.1, -0.05) is 6.07 Å². The van der Waals surface area contributed by atoms with E-state index in [-0.39, 0.29) is 12.3 Å². The van der Waals surface area contributed by atoms with E-state index in [4.69, 9.17) is 0 Å². The van der Waals surface area contributed by atoms with Gasteiger partial charge >= 0.3 is 0 Å². The Morgan fingerprint density at radius 3 is 2.52 bits per heavy atom. The molecular formula is C20H34FN5O2S. The molecule has 1 unspecified atom stereocenters. The summed E-state index contributed by atoms with van der Waals surface area (Å²) in [5.74, 6) is 0.125. The summed E-state index contributed by atoms with van der Waals surface area (Å²) in [7, 11) is -1.07. The van der Waals surface area contributed by atoms with Gasteiger partial charge in [-0.15, -0.1) is 0 Å². The Kier molecular flexibility index (Phi) is 8.85. The van der Waals surface area contributed by atoms with Gasteiger partial charge in [-0.25, -0.2) is 17.8 Å². The molecule has 0 radical (unpaired) electrons. The van der Waals surface area contributed by atoms with E-state index < -0.39 is 15.7 Å². The topological polar surface area (TPSA) is 77.0 Å². The summed E-state index contributed by atoms with van der Waals surface area (Å²) in [6.45, 7) is 10.1. The van der Waals surface area contributed by atoms with Gasteiger partial charge in [0, 0.05) is 51.6 Å². The lowest BCUT2D eigenvalue weighted by Crippen LogP contribution is -2.52. The summed E-state index contributed by atoms with van der Waals surface area (Å²) in [5, 5.41) is 6.55. The van der Waals surface area contributed by atoms with E-state index in [1.165, 1.54) is 24.5 Å². The molecule has 1 aromatic rings. The number of aliphatic imine (C=N–C) groups is 1. The van der Waals surface area contributed by atoms with Crippen LogP contribution in [0.3, 0.4) is 0 Å². The van der Waals surface area contributed by atoms with Gasteiger partial charge in [0.05, 0.1) is 12.3 Å². The van der Waals surface area contributed by atoms with Gasteiger partial charge in [-0.3, -0.25) is 4.90 Å². The summed E-state index contributed by atoms with van der Waals surface area (Å²) < 4.78 is 37.0. The number of rotatable bonds is 8. The van der Waals surface area contributed by atoms with Crippen molar-refractivity contribution in [3.05, 3.63) is 35.1 Å². The number of likely N-dealkylation sites (N-methyl/N-ethyl adjacent to an activating group) is 1. The van der Waals surface area contributed by atoms with Crippen LogP contribution in [0.1, 0.15) is 25.0 Å².